The zero-order valence-electron chi connectivity index (χ0n) is 16.7. The number of carbonyl (C=O) groups is 1. The van der Waals surface area contributed by atoms with Crippen LogP contribution in [-0.4, -0.2) is 57.2 Å². The molecule has 2 aromatic heterocycles. The van der Waals surface area contributed by atoms with Crippen LogP contribution in [0.5, 0.6) is 0 Å². The second kappa shape index (κ2) is 9.13. The van der Waals surface area contributed by atoms with Crippen molar-refractivity contribution in [2.45, 2.75) is 50.9 Å². The molecule has 1 amide bonds. The van der Waals surface area contributed by atoms with E-state index in [1.807, 2.05) is 11.8 Å². The predicted molar refractivity (Wildman–Crippen MR) is 111 cm³/mol. The number of hydrogen-bond acceptors (Lipinski definition) is 7. The van der Waals surface area contributed by atoms with Crippen LogP contribution in [0, 0.1) is 6.92 Å². The molecule has 0 saturated carbocycles. The molecule has 1 atom stereocenters. The van der Waals surface area contributed by atoms with E-state index in [0.717, 1.165) is 61.5 Å². The van der Waals surface area contributed by atoms with Crippen molar-refractivity contribution in [3.63, 3.8) is 0 Å². The maximum Gasteiger partial charge on any atom is 0.273 e. The van der Waals surface area contributed by atoms with Crippen LogP contribution in [-0.2, 0) is 18.7 Å². The second-order valence-corrected chi connectivity index (χ2v) is 8.80. The number of piperidine rings is 1. The Bertz CT molecular complexity index is 925. The van der Waals surface area contributed by atoms with E-state index in [2.05, 4.69) is 20.5 Å². The second-order valence-electron chi connectivity index (χ2n) is 7.70. The van der Waals surface area contributed by atoms with E-state index in [-0.39, 0.29) is 17.5 Å². The van der Waals surface area contributed by atoms with Gasteiger partial charge in [-0.3, -0.25) is 14.5 Å². The molecule has 156 valence electrons. The van der Waals surface area contributed by atoms with Crippen LogP contribution in [0.1, 0.15) is 46.8 Å². The zero-order chi connectivity index (χ0) is 20.2. The van der Waals surface area contributed by atoms with Crippen LogP contribution >= 0.6 is 11.8 Å². The number of amides is 1. The Morgan fingerprint density at radius 2 is 2.24 bits per heavy atom. The van der Waals surface area contributed by atoms with Crippen molar-refractivity contribution in [2.75, 3.05) is 25.4 Å². The van der Waals surface area contributed by atoms with Gasteiger partial charge in [0.15, 0.2) is 5.69 Å². The van der Waals surface area contributed by atoms with Crippen LogP contribution in [0.4, 0.5) is 0 Å². The molecule has 9 heteroatoms. The molecule has 8 nitrogen and oxygen atoms in total. The Kier molecular flexibility index (Phi) is 6.34. The van der Waals surface area contributed by atoms with Crippen molar-refractivity contribution in [3.8, 4) is 0 Å². The summed E-state index contributed by atoms with van der Waals surface area (Å²) in [5.74, 6) is 2.36. The summed E-state index contributed by atoms with van der Waals surface area (Å²) in [6, 6.07) is 3.65. The molecule has 4 heterocycles. The lowest BCUT2D eigenvalue weighted by molar-refractivity contribution is 0.0900. The Balaban J connectivity index is 1.35. The predicted octanol–water partition coefficient (Wildman–Crippen LogP) is 1.61. The van der Waals surface area contributed by atoms with Gasteiger partial charge >= 0.3 is 0 Å². The van der Waals surface area contributed by atoms with E-state index in [1.165, 1.54) is 0 Å². The molecule has 29 heavy (non-hydrogen) atoms. The molecule has 1 N–H and O–H groups in total. The third kappa shape index (κ3) is 4.90. The van der Waals surface area contributed by atoms with E-state index >= 15 is 0 Å². The van der Waals surface area contributed by atoms with Crippen molar-refractivity contribution in [1.82, 2.24) is 25.2 Å². The fourth-order valence-electron chi connectivity index (χ4n) is 4.00. The number of hydrogen-bond donors (Lipinski definition) is 1. The highest BCUT2D eigenvalue weighted by atomic mass is 32.2. The summed E-state index contributed by atoms with van der Waals surface area (Å²) < 4.78 is 6.58. The zero-order valence-corrected chi connectivity index (χ0v) is 17.5. The number of rotatable bonds is 6. The van der Waals surface area contributed by atoms with Crippen LogP contribution in [0.25, 0.3) is 0 Å². The van der Waals surface area contributed by atoms with Crippen molar-refractivity contribution >= 4 is 17.7 Å². The Morgan fingerprint density at radius 3 is 3.07 bits per heavy atom. The first-order valence-electron chi connectivity index (χ1n) is 10.2. The standard InChI is InChI=1S/C20H27N5O3S/c1-14-10-18(23-28-14)20(27)21-12-16-4-2-3-6-24(16)7-8-25-19(26)11-15-13-29-9-5-17(15)22-25/h10-11,16H,2-9,12-13H2,1H3,(H,21,27). The number of carbonyl (C=O) groups excluding carboxylic acids is 1. The molecule has 2 aromatic rings. The largest absolute Gasteiger partial charge is 0.361 e. The van der Waals surface area contributed by atoms with Crippen molar-refractivity contribution in [1.29, 1.82) is 0 Å². The summed E-state index contributed by atoms with van der Waals surface area (Å²) in [5.41, 5.74) is 2.44. The third-order valence-electron chi connectivity index (χ3n) is 5.61. The number of fused-ring (bicyclic) bond motifs is 1. The molecule has 4 rings (SSSR count). The number of nitrogens with zero attached hydrogens (tertiary/aromatic N) is 4. The third-order valence-corrected chi connectivity index (χ3v) is 6.62. The Hall–Kier alpha value is -2.13. The Morgan fingerprint density at radius 1 is 1.34 bits per heavy atom. The molecule has 0 spiro atoms. The summed E-state index contributed by atoms with van der Waals surface area (Å²) >= 11 is 1.85. The Labute approximate surface area is 174 Å². The minimum absolute atomic E-state index is 0.0190. The molecule has 2 aliphatic heterocycles. The minimum Gasteiger partial charge on any atom is -0.361 e. The molecule has 0 aliphatic carbocycles. The first kappa shape index (κ1) is 20.2. The fraction of sp³-hybridized carbons (Fsp3) is 0.600. The van der Waals surface area contributed by atoms with Crippen molar-refractivity contribution in [3.05, 3.63) is 45.2 Å². The number of aromatic nitrogens is 3. The van der Waals surface area contributed by atoms with Crippen LogP contribution < -0.4 is 10.9 Å². The van der Waals surface area contributed by atoms with E-state index < -0.39 is 0 Å². The molecule has 1 unspecified atom stereocenters. The molecular weight excluding hydrogens is 390 g/mol. The van der Waals surface area contributed by atoms with Gasteiger partial charge in [0.2, 0.25) is 0 Å². The van der Waals surface area contributed by atoms with Crippen LogP contribution in [0.15, 0.2) is 21.5 Å². The van der Waals surface area contributed by atoms with Gasteiger partial charge in [-0.15, -0.1) is 0 Å². The van der Waals surface area contributed by atoms with E-state index in [1.54, 1.807) is 23.7 Å². The van der Waals surface area contributed by atoms with Crippen molar-refractivity contribution < 1.29 is 9.32 Å². The van der Waals surface area contributed by atoms with E-state index in [4.69, 9.17) is 4.52 Å². The number of nitrogens with one attached hydrogen (secondary N) is 1. The normalized spacial score (nSPS) is 19.7. The number of likely N-dealkylation sites (tertiary alicyclic amines) is 1. The smallest absolute Gasteiger partial charge is 0.273 e. The van der Waals surface area contributed by atoms with Crippen LogP contribution in [0.3, 0.4) is 0 Å². The molecule has 1 fully saturated rings. The fourth-order valence-corrected chi connectivity index (χ4v) is 4.95. The molecule has 0 bridgehead atoms. The average molecular weight is 418 g/mol. The summed E-state index contributed by atoms with van der Waals surface area (Å²) in [6.07, 6.45) is 4.24. The van der Waals surface area contributed by atoms with Gasteiger partial charge in [-0.05, 0) is 37.6 Å². The molecule has 0 radical (unpaired) electrons. The maximum atomic E-state index is 12.4. The van der Waals surface area contributed by atoms with Gasteiger partial charge in [-0.1, -0.05) is 11.6 Å². The lowest BCUT2D eigenvalue weighted by Crippen LogP contribution is -2.48. The summed E-state index contributed by atoms with van der Waals surface area (Å²) in [7, 11) is 0. The highest BCUT2D eigenvalue weighted by molar-refractivity contribution is 7.98. The highest BCUT2D eigenvalue weighted by Crippen LogP contribution is 2.21. The van der Waals surface area contributed by atoms with Gasteiger partial charge in [0.1, 0.15) is 5.76 Å². The lowest BCUT2D eigenvalue weighted by Gasteiger charge is -2.35. The van der Waals surface area contributed by atoms with Crippen LogP contribution in [0.2, 0.25) is 0 Å². The first-order chi connectivity index (χ1) is 14.1. The summed E-state index contributed by atoms with van der Waals surface area (Å²) in [5, 5.41) is 11.4. The monoisotopic (exact) mass is 417 g/mol. The van der Waals surface area contributed by atoms with E-state index in [9.17, 15) is 9.59 Å². The maximum absolute atomic E-state index is 12.4. The van der Waals surface area contributed by atoms with Gasteiger partial charge in [0, 0.05) is 43.4 Å². The highest BCUT2D eigenvalue weighted by Gasteiger charge is 2.24. The molecule has 2 aliphatic rings. The first-order valence-corrected chi connectivity index (χ1v) is 11.4. The van der Waals surface area contributed by atoms with Gasteiger partial charge in [0.05, 0.1) is 12.2 Å². The molecular formula is C20H27N5O3S. The molecule has 0 aromatic carbocycles. The van der Waals surface area contributed by atoms with Gasteiger partial charge in [0.25, 0.3) is 11.5 Å². The van der Waals surface area contributed by atoms with E-state index in [0.29, 0.717) is 24.5 Å². The topological polar surface area (TPSA) is 93.3 Å². The summed E-state index contributed by atoms with van der Waals surface area (Å²) in [6.45, 7) is 4.63. The van der Waals surface area contributed by atoms with Gasteiger partial charge in [-0.25, -0.2) is 4.68 Å². The summed E-state index contributed by atoms with van der Waals surface area (Å²) in [4.78, 5) is 27.0. The minimum atomic E-state index is -0.210. The van der Waals surface area contributed by atoms with Gasteiger partial charge in [-0.2, -0.15) is 16.9 Å². The number of aryl methyl sites for hydroxylation is 2. The average Bonchev–Trinajstić information content (AvgIpc) is 3.17. The lowest BCUT2D eigenvalue weighted by atomic mass is 10.0. The molecule has 1 saturated heterocycles. The SMILES string of the molecule is Cc1cc(C(=O)NCC2CCCCN2CCn2nc3c(cc2=O)CSCC3)no1. The van der Waals surface area contributed by atoms with Crippen molar-refractivity contribution in [2.24, 2.45) is 0 Å². The van der Waals surface area contributed by atoms with Gasteiger partial charge < -0.3 is 9.84 Å². The number of thioether (sulfide) groups is 1. The quantitative estimate of drug-likeness (QED) is 0.763.